The Kier molecular flexibility index (Phi) is 3.78. The maximum atomic E-state index is 9.39. The van der Waals surface area contributed by atoms with Gasteiger partial charge in [-0.3, -0.25) is 0 Å². The largest absolute Gasteiger partial charge is 0.489 e. The second-order valence-electron chi connectivity index (χ2n) is 4.02. The molecule has 0 aromatic heterocycles. The van der Waals surface area contributed by atoms with Crippen molar-refractivity contribution < 1.29 is 9.84 Å². The van der Waals surface area contributed by atoms with Gasteiger partial charge in [0.15, 0.2) is 0 Å². The first kappa shape index (κ1) is 11.7. The quantitative estimate of drug-likeness (QED) is 0.869. The van der Waals surface area contributed by atoms with E-state index in [2.05, 4.69) is 0 Å². The van der Waals surface area contributed by atoms with Crippen molar-refractivity contribution in [3.63, 3.8) is 0 Å². The number of para-hydroxylation sites is 1. The van der Waals surface area contributed by atoms with Crippen LogP contribution in [0.15, 0.2) is 54.6 Å². The summed E-state index contributed by atoms with van der Waals surface area (Å²) in [7, 11) is 0. The number of ether oxygens (including phenoxy) is 1. The van der Waals surface area contributed by atoms with Crippen molar-refractivity contribution in [2.24, 2.45) is 0 Å². The van der Waals surface area contributed by atoms with Gasteiger partial charge in [-0.25, -0.2) is 0 Å². The lowest BCUT2D eigenvalue weighted by Gasteiger charge is -2.08. The van der Waals surface area contributed by atoms with Gasteiger partial charge in [0.25, 0.3) is 0 Å². The summed E-state index contributed by atoms with van der Waals surface area (Å²) in [4.78, 5) is 0. The van der Waals surface area contributed by atoms with E-state index >= 15 is 0 Å². The van der Waals surface area contributed by atoms with Crippen molar-refractivity contribution in [2.75, 3.05) is 0 Å². The lowest BCUT2D eigenvalue weighted by Crippen LogP contribution is -1.96. The molecule has 17 heavy (non-hydrogen) atoms. The molecule has 2 aromatic carbocycles. The Morgan fingerprint density at radius 2 is 1.65 bits per heavy atom. The summed E-state index contributed by atoms with van der Waals surface area (Å²) in [5, 5.41) is 9.39. The normalized spacial score (nSPS) is 12.1. The predicted octanol–water partition coefficient (Wildman–Crippen LogP) is 3.32. The van der Waals surface area contributed by atoms with Gasteiger partial charge < -0.3 is 9.84 Å². The van der Waals surface area contributed by atoms with Crippen LogP contribution in [0, 0.1) is 0 Å². The van der Waals surface area contributed by atoms with Gasteiger partial charge in [-0.15, -0.1) is 0 Å². The van der Waals surface area contributed by atoms with E-state index in [-0.39, 0.29) is 0 Å². The fraction of sp³-hybridized carbons (Fsp3) is 0.200. The van der Waals surface area contributed by atoms with Gasteiger partial charge in [-0.2, -0.15) is 0 Å². The van der Waals surface area contributed by atoms with Crippen LogP contribution in [0.4, 0.5) is 0 Å². The molecule has 0 aliphatic carbocycles. The molecule has 1 unspecified atom stereocenters. The van der Waals surface area contributed by atoms with Crippen LogP contribution in [-0.4, -0.2) is 5.11 Å². The van der Waals surface area contributed by atoms with E-state index in [0.717, 1.165) is 16.9 Å². The Hall–Kier alpha value is -1.80. The van der Waals surface area contributed by atoms with E-state index < -0.39 is 6.10 Å². The van der Waals surface area contributed by atoms with Crippen molar-refractivity contribution in [1.29, 1.82) is 0 Å². The molecule has 0 heterocycles. The number of hydrogen-bond acceptors (Lipinski definition) is 2. The van der Waals surface area contributed by atoms with Crippen molar-refractivity contribution in [1.82, 2.24) is 0 Å². The van der Waals surface area contributed by atoms with E-state index in [1.54, 1.807) is 6.92 Å². The Morgan fingerprint density at radius 3 is 2.24 bits per heavy atom. The molecule has 2 heteroatoms. The van der Waals surface area contributed by atoms with E-state index in [1.165, 1.54) is 0 Å². The first-order chi connectivity index (χ1) is 8.25. The molecule has 2 rings (SSSR count). The second-order valence-corrected chi connectivity index (χ2v) is 4.02. The molecule has 2 aromatic rings. The molecule has 0 bridgehead atoms. The fourth-order valence-corrected chi connectivity index (χ4v) is 1.58. The molecule has 0 aliphatic rings. The van der Waals surface area contributed by atoms with Crippen LogP contribution in [0.2, 0.25) is 0 Å². The summed E-state index contributed by atoms with van der Waals surface area (Å²) in [5.41, 5.74) is 2.02. The van der Waals surface area contributed by atoms with Gasteiger partial charge in [-0.1, -0.05) is 42.5 Å². The van der Waals surface area contributed by atoms with Gasteiger partial charge in [0.05, 0.1) is 6.10 Å². The minimum absolute atomic E-state index is 0.418. The smallest absolute Gasteiger partial charge is 0.119 e. The highest BCUT2D eigenvalue weighted by Crippen LogP contribution is 2.15. The molecule has 0 radical (unpaired) electrons. The molecule has 88 valence electrons. The minimum atomic E-state index is -0.418. The molecule has 2 nitrogen and oxygen atoms in total. The predicted molar refractivity (Wildman–Crippen MR) is 67.8 cm³/mol. The summed E-state index contributed by atoms with van der Waals surface area (Å²) in [5.74, 6) is 0.868. The average molecular weight is 228 g/mol. The van der Waals surface area contributed by atoms with E-state index in [4.69, 9.17) is 4.74 Å². The average Bonchev–Trinajstić information content (AvgIpc) is 2.38. The van der Waals surface area contributed by atoms with Crippen LogP contribution in [0.5, 0.6) is 5.75 Å². The van der Waals surface area contributed by atoms with E-state index in [1.807, 2.05) is 54.6 Å². The topological polar surface area (TPSA) is 29.5 Å². The Bertz CT molecular complexity index is 446. The zero-order valence-corrected chi connectivity index (χ0v) is 9.84. The summed E-state index contributed by atoms with van der Waals surface area (Å²) in [6, 6.07) is 17.5. The van der Waals surface area contributed by atoms with Crippen LogP contribution >= 0.6 is 0 Å². The molecule has 0 saturated carbocycles. The minimum Gasteiger partial charge on any atom is -0.489 e. The third-order valence-electron chi connectivity index (χ3n) is 2.61. The first-order valence-corrected chi connectivity index (χ1v) is 5.70. The van der Waals surface area contributed by atoms with Gasteiger partial charge >= 0.3 is 0 Å². The third kappa shape index (κ3) is 3.33. The number of hydrogen-bond donors (Lipinski definition) is 1. The van der Waals surface area contributed by atoms with Crippen LogP contribution in [0.1, 0.15) is 24.2 Å². The summed E-state index contributed by atoms with van der Waals surface area (Å²) in [6.45, 7) is 2.31. The fourth-order valence-electron chi connectivity index (χ4n) is 1.58. The number of benzene rings is 2. The molecular formula is C15H16O2. The van der Waals surface area contributed by atoms with Crippen LogP contribution < -0.4 is 4.74 Å². The first-order valence-electron chi connectivity index (χ1n) is 5.70. The number of aliphatic hydroxyl groups excluding tert-OH is 1. The monoisotopic (exact) mass is 228 g/mol. The van der Waals surface area contributed by atoms with Crippen molar-refractivity contribution in [2.45, 2.75) is 19.6 Å². The number of rotatable bonds is 4. The van der Waals surface area contributed by atoms with Gasteiger partial charge in [0.2, 0.25) is 0 Å². The third-order valence-corrected chi connectivity index (χ3v) is 2.61. The highest BCUT2D eigenvalue weighted by molar-refractivity contribution is 5.25. The maximum absolute atomic E-state index is 9.39. The molecule has 0 fully saturated rings. The summed E-state index contributed by atoms with van der Waals surface area (Å²) < 4.78 is 5.63. The highest BCUT2D eigenvalue weighted by atomic mass is 16.5. The molecule has 0 saturated heterocycles. The molecule has 1 atom stereocenters. The molecule has 0 amide bonds. The summed E-state index contributed by atoms with van der Waals surface area (Å²) >= 11 is 0. The highest BCUT2D eigenvalue weighted by Gasteiger charge is 2.00. The maximum Gasteiger partial charge on any atom is 0.119 e. The standard InChI is InChI=1S/C15H16O2/c1-12(16)14-9-7-13(8-10-14)11-17-15-5-3-2-4-6-15/h2-10,12,16H,11H2,1H3. The molecular weight excluding hydrogens is 212 g/mol. The molecule has 0 spiro atoms. The second kappa shape index (κ2) is 5.51. The lowest BCUT2D eigenvalue weighted by atomic mass is 10.1. The SMILES string of the molecule is CC(O)c1ccc(COc2ccccc2)cc1. The van der Waals surface area contributed by atoms with Gasteiger partial charge in [-0.05, 0) is 30.2 Å². The molecule has 1 N–H and O–H groups in total. The van der Waals surface area contributed by atoms with Crippen molar-refractivity contribution in [3.8, 4) is 5.75 Å². The van der Waals surface area contributed by atoms with Gasteiger partial charge in [0, 0.05) is 0 Å². The van der Waals surface area contributed by atoms with Crippen molar-refractivity contribution in [3.05, 3.63) is 65.7 Å². The molecule has 0 aliphatic heterocycles. The Labute approximate surface area is 101 Å². The van der Waals surface area contributed by atoms with Gasteiger partial charge in [0.1, 0.15) is 12.4 Å². The zero-order chi connectivity index (χ0) is 12.1. The zero-order valence-electron chi connectivity index (χ0n) is 9.84. The van der Waals surface area contributed by atoms with Crippen LogP contribution in [0.3, 0.4) is 0 Å². The number of aliphatic hydroxyl groups is 1. The van der Waals surface area contributed by atoms with Crippen molar-refractivity contribution >= 4 is 0 Å². The van der Waals surface area contributed by atoms with E-state index in [9.17, 15) is 5.11 Å². The van der Waals surface area contributed by atoms with Crippen LogP contribution in [-0.2, 0) is 6.61 Å². The lowest BCUT2D eigenvalue weighted by molar-refractivity contribution is 0.199. The Balaban J connectivity index is 1.96. The van der Waals surface area contributed by atoms with Crippen LogP contribution in [0.25, 0.3) is 0 Å². The Morgan fingerprint density at radius 1 is 1.00 bits per heavy atom. The van der Waals surface area contributed by atoms with E-state index in [0.29, 0.717) is 6.61 Å². The summed E-state index contributed by atoms with van der Waals surface area (Å²) in [6.07, 6.45) is -0.418.